The second kappa shape index (κ2) is 3.44. The van der Waals surface area contributed by atoms with E-state index in [1.54, 1.807) is 0 Å². The van der Waals surface area contributed by atoms with Gasteiger partial charge in [0.1, 0.15) is 0 Å². The molecule has 0 aliphatic carbocycles. The van der Waals surface area contributed by atoms with E-state index in [0.717, 1.165) is 6.92 Å². The minimum Gasteiger partial charge on any atom is -0.241 e. The average Bonchev–Trinajstić information content (AvgIpc) is 1.65. The Morgan fingerprint density at radius 2 is 2.00 bits per heavy atom. The number of halogens is 4. The van der Waals surface area contributed by atoms with Crippen LogP contribution in [0.5, 0.6) is 0 Å². The zero-order valence-corrected chi connectivity index (χ0v) is 6.59. The SMILES string of the molecule is CC(F)C(F)(F)CCBr. The predicted octanol–water partition coefficient (Wildman–Crippen LogP) is 2.76. The first-order valence-corrected chi connectivity index (χ1v) is 3.70. The monoisotopic (exact) mass is 204 g/mol. The Morgan fingerprint density at radius 3 is 2.11 bits per heavy atom. The van der Waals surface area contributed by atoms with Gasteiger partial charge in [0.15, 0.2) is 6.17 Å². The van der Waals surface area contributed by atoms with Crippen LogP contribution in [0.25, 0.3) is 0 Å². The Morgan fingerprint density at radius 1 is 1.56 bits per heavy atom. The fourth-order valence-electron chi connectivity index (χ4n) is 0.325. The standard InChI is InChI=1S/C5H8BrF3/c1-4(7)5(8,9)2-3-6/h4H,2-3H2,1H3. The number of hydrogen-bond acceptors (Lipinski definition) is 0. The van der Waals surface area contributed by atoms with Crippen LogP contribution in [0, 0.1) is 0 Å². The molecule has 0 bridgehead atoms. The van der Waals surface area contributed by atoms with Gasteiger partial charge in [-0.1, -0.05) is 15.9 Å². The number of rotatable bonds is 3. The first kappa shape index (κ1) is 9.27. The Bertz CT molecular complexity index is 82.3. The van der Waals surface area contributed by atoms with E-state index in [2.05, 4.69) is 15.9 Å². The summed E-state index contributed by atoms with van der Waals surface area (Å²) in [6.07, 6.45) is -2.49. The van der Waals surface area contributed by atoms with Crippen LogP contribution in [0.1, 0.15) is 13.3 Å². The first-order valence-electron chi connectivity index (χ1n) is 2.58. The van der Waals surface area contributed by atoms with Gasteiger partial charge in [0.2, 0.25) is 0 Å². The van der Waals surface area contributed by atoms with E-state index in [1.807, 2.05) is 0 Å². The Balaban J connectivity index is 3.70. The molecule has 0 N–H and O–H groups in total. The summed E-state index contributed by atoms with van der Waals surface area (Å²) in [6, 6.07) is 0. The van der Waals surface area contributed by atoms with Crippen molar-refractivity contribution < 1.29 is 13.2 Å². The van der Waals surface area contributed by atoms with E-state index >= 15 is 0 Å². The van der Waals surface area contributed by atoms with Crippen LogP contribution in [-0.2, 0) is 0 Å². The van der Waals surface area contributed by atoms with Crippen molar-refractivity contribution in [1.29, 1.82) is 0 Å². The summed E-state index contributed by atoms with van der Waals surface area (Å²) < 4.78 is 36.2. The second-order valence-corrected chi connectivity index (χ2v) is 2.61. The summed E-state index contributed by atoms with van der Waals surface area (Å²) in [5, 5.41) is 0.133. The van der Waals surface area contributed by atoms with Crippen LogP contribution in [0.4, 0.5) is 13.2 Å². The van der Waals surface area contributed by atoms with Crippen molar-refractivity contribution in [2.75, 3.05) is 5.33 Å². The predicted molar refractivity (Wildman–Crippen MR) is 33.9 cm³/mol. The molecule has 9 heavy (non-hydrogen) atoms. The molecule has 0 amide bonds. The molecule has 1 unspecified atom stereocenters. The van der Waals surface area contributed by atoms with Gasteiger partial charge in [-0.05, 0) is 6.92 Å². The third-order valence-electron chi connectivity index (χ3n) is 1.01. The lowest BCUT2D eigenvalue weighted by molar-refractivity contribution is -0.0660. The lowest BCUT2D eigenvalue weighted by atomic mass is 10.2. The lowest BCUT2D eigenvalue weighted by Gasteiger charge is -2.15. The second-order valence-electron chi connectivity index (χ2n) is 1.82. The van der Waals surface area contributed by atoms with Gasteiger partial charge in [0.25, 0.3) is 5.92 Å². The van der Waals surface area contributed by atoms with E-state index in [9.17, 15) is 13.2 Å². The zero-order chi connectivity index (χ0) is 7.49. The molecule has 0 fully saturated rings. The van der Waals surface area contributed by atoms with Crippen LogP contribution in [0.2, 0.25) is 0 Å². The van der Waals surface area contributed by atoms with Gasteiger partial charge >= 0.3 is 0 Å². The van der Waals surface area contributed by atoms with Gasteiger partial charge in [0.05, 0.1) is 0 Å². The van der Waals surface area contributed by atoms with Crippen LogP contribution in [0.3, 0.4) is 0 Å². The molecule has 0 aliphatic rings. The quantitative estimate of drug-likeness (QED) is 0.621. The summed E-state index contributed by atoms with van der Waals surface area (Å²) in [5.41, 5.74) is 0. The Hall–Kier alpha value is 0.270. The molecule has 0 saturated heterocycles. The molecule has 56 valence electrons. The Labute approximate surface area is 60.6 Å². The molecule has 0 radical (unpaired) electrons. The molecule has 0 nitrogen and oxygen atoms in total. The molecular formula is C5H8BrF3. The summed E-state index contributed by atoms with van der Waals surface area (Å²) in [4.78, 5) is 0. The Kier molecular flexibility index (Phi) is 3.54. The molecule has 4 heteroatoms. The van der Waals surface area contributed by atoms with Crippen LogP contribution in [0.15, 0.2) is 0 Å². The van der Waals surface area contributed by atoms with Gasteiger partial charge in [-0.2, -0.15) is 0 Å². The maximum absolute atomic E-state index is 12.1. The minimum atomic E-state index is -3.16. The lowest BCUT2D eigenvalue weighted by Crippen LogP contribution is -2.27. The van der Waals surface area contributed by atoms with Crippen molar-refractivity contribution in [2.24, 2.45) is 0 Å². The molecular weight excluding hydrogens is 197 g/mol. The molecule has 0 saturated carbocycles. The largest absolute Gasteiger partial charge is 0.279 e. The fraction of sp³-hybridized carbons (Fsp3) is 1.00. The zero-order valence-electron chi connectivity index (χ0n) is 5.00. The van der Waals surface area contributed by atoms with E-state index in [-0.39, 0.29) is 5.33 Å². The topological polar surface area (TPSA) is 0 Å². The molecule has 0 heterocycles. The van der Waals surface area contributed by atoms with E-state index in [0.29, 0.717) is 0 Å². The third-order valence-corrected chi connectivity index (χ3v) is 1.41. The summed E-state index contributed by atoms with van der Waals surface area (Å²) in [5.74, 6) is -3.16. The minimum absolute atomic E-state index is 0.133. The first-order chi connectivity index (χ1) is 4.00. The summed E-state index contributed by atoms with van der Waals surface area (Å²) in [6.45, 7) is 0.864. The van der Waals surface area contributed by atoms with Gasteiger partial charge in [-0.25, -0.2) is 13.2 Å². The van der Waals surface area contributed by atoms with Crippen molar-refractivity contribution in [3.63, 3.8) is 0 Å². The van der Waals surface area contributed by atoms with Gasteiger partial charge < -0.3 is 0 Å². The highest BCUT2D eigenvalue weighted by Crippen LogP contribution is 2.25. The molecule has 0 spiro atoms. The number of alkyl halides is 4. The van der Waals surface area contributed by atoms with Crippen LogP contribution < -0.4 is 0 Å². The number of hydrogen-bond donors (Lipinski definition) is 0. The summed E-state index contributed by atoms with van der Waals surface area (Å²) in [7, 11) is 0. The van der Waals surface area contributed by atoms with Crippen molar-refractivity contribution >= 4 is 15.9 Å². The van der Waals surface area contributed by atoms with E-state index in [1.165, 1.54) is 0 Å². The van der Waals surface area contributed by atoms with E-state index in [4.69, 9.17) is 0 Å². The average molecular weight is 205 g/mol. The normalized spacial score (nSPS) is 15.7. The molecule has 0 aromatic carbocycles. The maximum Gasteiger partial charge on any atom is 0.279 e. The third kappa shape index (κ3) is 3.08. The molecule has 0 aromatic rings. The fourth-order valence-corrected chi connectivity index (χ4v) is 0.854. The highest BCUT2D eigenvalue weighted by Gasteiger charge is 2.35. The summed E-state index contributed by atoms with van der Waals surface area (Å²) >= 11 is 2.81. The van der Waals surface area contributed by atoms with Gasteiger partial charge in [-0.15, -0.1) is 0 Å². The highest BCUT2D eigenvalue weighted by molar-refractivity contribution is 9.09. The molecule has 1 atom stereocenters. The van der Waals surface area contributed by atoms with Crippen LogP contribution in [-0.4, -0.2) is 17.4 Å². The van der Waals surface area contributed by atoms with Crippen molar-refractivity contribution in [3.8, 4) is 0 Å². The van der Waals surface area contributed by atoms with E-state index < -0.39 is 18.5 Å². The van der Waals surface area contributed by atoms with Crippen molar-refractivity contribution in [1.82, 2.24) is 0 Å². The van der Waals surface area contributed by atoms with Crippen molar-refractivity contribution in [3.05, 3.63) is 0 Å². The smallest absolute Gasteiger partial charge is 0.241 e. The van der Waals surface area contributed by atoms with Gasteiger partial charge in [0, 0.05) is 11.8 Å². The maximum atomic E-state index is 12.1. The van der Waals surface area contributed by atoms with Crippen molar-refractivity contribution in [2.45, 2.75) is 25.4 Å². The molecule has 0 aliphatic heterocycles. The molecule has 0 rings (SSSR count). The molecule has 0 aromatic heterocycles. The van der Waals surface area contributed by atoms with Crippen LogP contribution >= 0.6 is 15.9 Å². The van der Waals surface area contributed by atoms with Gasteiger partial charge in [-0.3, -0.25) is 0 Å². The highest BCUT2D eigenvalue weighted by atomic mass is 79.9.